The average Bonchev–Trinajstić information content (AvgIpc) is 3.31. The van der Waals surface area contributed by atoms with Gasteiger partial charge < -0.3 is 9.88 Å². The first-order chi connectivity index (χ1) is 13.4. The normalized spacial score (nSPS) is 23.4. The minimum Gasteiger partial charge on any atom is -0.345 e. The third kappa shape index (κ3) is 2.30. The van der Waals surface area contributed by atoms with Gasteiger partial charge in [0.15, 0.2) is 5.78 Å². The summed E-state index contributed by atoms with van der Waals surface area (Å²) in [4.78, 5) is 39.9. The van der Waals surface area contributed by atoms with E-state index in [4.69, 9.17) is 0 Å². The van der Waals surface area contributed by atoms with E-state index in [2.05, 4.69) is 9.88 Å². The number of benzene rings is 1. The Hall–Kier alpha value is -2.89. The summed E-state index contributed by atoms with van der Waals surface area (Å²) in [5, 5.41) is 2.88. The summed E-state index contributed by atoms with van der Waals surface area (Å²) in [6.45, 7) is 3.73. The monoisotopic (exact) mass is 377 g/mol. The molecule has 1 saturated carbocycles. The minimum absolute atomic E-state index is 0.188. The van der Waals surface area contributed by atoms with E-state index >= 15 is 0 Å². The predicted octanol–water partition coefficient (Wildman–Crippen LogP) is 3.02. The zero-order valence-electron chi connectivity index (χ0n) is 16.1. The zero-order chi connectivity index (χ0) is 19.6. The number of nitrogens with one attached hydrogen (secondary N) is 1. The summed E-state index contributed by atoms with van der Waals surface area (Å²) in [5.74, 6) is -0.501. The van der Waals surface area contributed by atoms with Crippen LogP contribution in [0.2, 0.25) is 0 Å². The van der Waals surface area contributed by atoms with Gasteiger partial charge in [-0.05, 0) is 56.7 Å². The minimum atomic E-state index is -1.02. The van der Waals surface area contributed by atoms with Crippen LogP contribution < -0.4 is 5.32 Å². The van der Waals surface area contributed by atoms with Crippen LogP contribution in [0, 0.1) is 13.8 Å². The number of urea groups is 1. The third-order valence-electron chi connectivity index (χ3n) is 6.42. The van der Waals surface area contributed by atoms with Crippen molar-refractivity contribution in [3.05, 3.63) is 58.4 Å². The second-order valence-corrected chi connectivity index (χ2v) is 8.19. The fraction of sp³-hybridized carbons (Fsp3) is 0.409. The van der Waals surface area contributed by atoms with Crippen LogP contribution in [0.15, 0.2) is 30.3 Å². The van der Waals surface area contributed by atoms with Crippen LogP contribution in [0.1, 0.15) is 58.2 Å². The van der Waals surface area contributed by atoms with E-state index in [9.17, 15) is 14.4 Å². The fourth-order valence-electron chi connectivity index (χ4n) is 4.92. The van der Waals surface area contributed by atoms with Crippen LogP contribution in [0.5, 0.6) is 0 Å². The third-order valence-corrected chi connectivity index (χ3v) is 6.42. The Balaban J connectivity index is 1.42. The van der Waals surface area contributed by atoms with Crippen molar-refractivity contribution in [2.45, 2.75) is 51.1 Å². The first-order valence-corrected chi connectivity index (χ1v) is 9.86. The number of fused-ring (bicyclic) bond motifs is 2. The van der Waals surface area contributed by atoms with Crippen molar-refractivity contribution < 1.29 is 14.4 Å². The Morgan fingerprint density at radius 2 is 1.96 bits per heavy atom. The average molecular weight is 377 g/mol. The molecule has 28 heavy (non-hydrogen) atoms. The van der Waals surface area contributed by atoms with Crippen molar-refractivity contribution in [1.82, 2.24) is 14.8 Å². The number of ketones is 1. The molecule has 0 bridgehead atoms. The molecule has 1 spiro atoms. The molecule has 6 nitrogen and oxygen atoms in total. The Morgan fingerprint density at radius 3 is 2.71 bits per heavy atom. The molecule has 1 aliphatic heterocycles. The first kappa shape index (κ1) is 17.2. The molecule has 3 aliphatic rings. The van der Waals surface area contributed by atoms with Gasteiger partial charge in [0.05, 0.1) is 6.54 Å². The predicted molar refractivity (Wildman–Crippen MR) is 103 cm³/mol. The second kappa shape index (κ2) is 5.80. The van der Waals surface area contributed by atoms with E-state index in [0.717, 1.165) is 46.7 Å². The van der Waals surface area contributed by atoms with Crippen LogP contribution in [0.3, 0.4) is 0 Å². The van der Waals surface area contributed by atoms with E-state index in [1.165, 1.54) is 0 Å². The lowest BCUT2D eigenvalue weighted by atomic mass is 9.92. The molecule has 5 rings (SSSR count). The molecular weight excluding hydrogens is 354 g/mol. The summed E-state index contributed by atoms with van der Waals surface area (Å²) >= 11 is 0. The van der Waals surface area contributed by atoms with Crippen molar-refractivity contribution in [3.8, 4) is 0 Å². The van der Waals surface area contributed by atoms with Crippen molar-refractivity contribution in [2.24, 2.45) is 0 Å². The van der Waals surface area contributed by atoms with Crippen molar-refractivity contribution in [3.63, 3.8) is 0 Å². The van der Waals surface area contributed by atoms with Gasteiger partial charge in [-0.1, -0.05) is 24.3 Å². The van der Waals surface area contributed by atoms with Crippen molar-refractivity contribution >= 4 is 17.7 Å². The Labute approximate surface area is 163 Å². The quantitative estimate of drug-likeness (QED) is 0.658. The molecule has 2 fully saturated rings. The van der Waals surface area contributed by atoms with E-state index in [0.29, 0.717) is 18.0 Å². The molecule has 2 aliphatic carbocycles. The SMILES string of the molecule is Cc1cc(C(=O)CN2C(=O)NC3(CCc4ccccc43)C2=O)c(C)n1C1CC1. The lowest BCUT2D eigenvalue weighted by Crippen LogP contribution is -2.42. The Kier molecular flexibility index (Phi) is 3.57. The van der Waals surface area contributed by atoms with Gasteiger partial charge in [-0.2, -0.15) is 0 Å². The maximum Gasteiger partial charge on any atom is 0.325 e. The lowest BCUT2D eigenvalue weighted by molar-refractivity contribution is -0.131. The molecule has 6 heteroatoms. The van der Waals surface area contributed by atoms with Gasteiger partial charge in [0.2, 0.25) is 0 Å². The van der Waals surface area contributed by atoms with Gasteiger partial charge in [-0.15, -0.1) is 0 Å². The maximum atomic E-state index is 13.2. The summed E-state index contributed by atoms with van der Waals surface area (Å²) in [6.07, 6.45) is 3.56. The van der Waals surface area contributed by atoms with Crippen LogP contribution in [0.25, 0.3) is 0 Å². The molecule has 3 amide bonds. The molecule has 1 aromatic heterocycles. The molecule has 2 heterocycles. The van der Waals surface area contributed by atoms with Crippen LogP contribution >= 0.6 is 0 Å². The van der Waals surface area contributed by atoms with E-state index in [1.54, 1.807) is 0 Å². The highest BCUT2D eigenvalue weighted by Crippen LogP contribution is 2.41. The summed E-state index contributed by atoms with van der Waals surface area (Å²) in [6, 6.07) is 9.60. The highest BCUT2D eigenvalue weighted by molar-refractivity contribution is 6.12. The number of hydrogen-bond acceptors (Lipinski definition) is 3. The van der Waals surface area contributed by atoms with Crippen LogP contribution in [-0.2, 0) is 16.8 Å². The molecule has 1 atom stereocenters. The summed E-state index contributed by atoms with van der Waals surface area (Å²) in [5.41, 5.74) is 3.52. The molecule has 2 aromatic rings. The number of rotatable bonds is 4. The number of Topliss-reactive ketones (excluding diaryl/α,β-unsaturated/α-hetero) is 1. The standard InChI is InChI=1S/C22H23N3O3/c1-13-11-17(14(2)25(13)16-7-8-16)19(26)12-24-20(27)22(23-21(24)28)10-9-15-5-3-4-6-18(15)22/h3-6,11,16H,7-10,12H2,1-2H3,(H,23,28). The van der Waals surface area contributed by atoms with Crippen LogP contribution in [-0.4, -0.2) is 33.7 Å². The molecule has 1 unspecified atom stereocenters. The van der Waals surface area contributed by atoms with Gasteiger partial charge in [-0.25, -0.2) is 4.79 Å². The number of aromatic nitrogens is 1. The first-order valence-electron chi connectivity index (χ1n) is 9.86. The Bertz CT molecular complexity index is 1030. The molecule has 1 saturated heterocycles. The number of carbonyl (C=O) groups is 3. The highest BCUT2D eigenvalue weighted by Gasteiger charge is 2.55. The smallest absolute Gasteiger partial charge is 0.325 e. The van der Waals surface area contributed by atoms with Crippen molar-refractivity contribution in [2.75, 3.05) is 6.54 Å². The van der Waals surface area contributed by atoms with Gasteiger partial charge in [-0.3, -0.25) is 14.5 Å². The fourth-order valence-corrected chi connectivity index (χ4v) is 4.92. The van der Waals surface area contributed by atoms with Gasteiger partial charge in [0, 0.05) is 23.0 Å². The number of amides is 3. The molecule has 1 N–H and O–H groups in total. The van der Waals surface area contributed by atoms with Gasteiger partial charge >= 0.3 is 6.03 Å². The molecule has 0 radical (unpaired) electrons. The number of hydrogen-bond donors (Lipinski definition) is 1. The van der Waals surface area contributed by atoms with Crippen LogP contribution in [0.4, 0.5) is 4.79 Å². The number of imide groups is 1. The molecule has 1 aromatic carbocycles. The lowest BCUT2D eigenvalue weighted by Gasteiger charge is -2.22. The zero-order valence-corrected chi connectivity index (χ0v) is 16.1. The van der Waals surface area contributed by atoms with Crippen molar-refractivity contribution in [1.29, 1.82) is 0 Å². The van der Waals surface area contributed by atoms with Gasteiger partial charge in [0.25, 0.3) is 5.91 Å². The molecular formula is C22H23N3O3. The highest BCUT2D eigenvalue weighted by atomic mass is 16.2. The topological polar surface area (TPSA) is 71.4 Å². The van der Waals surface area contributed by atoms with E-state index in [-0.39, 0.29) is 18.2 Å². The summed E-state index contributed by atoms with van der Waals surface area (Å²) in [7, 11) is 0. The number of carbonyl (C=O) groups excluding carboxylic acids is 3. The maximum absolute atomic E-state index is 13.2. The second-order valence-electron chi connectivity index (χ2n) is 8.19. The van der Waals surface area contributed by atoms with E-state index in [1.807, 2.05) is 44.2 Å². The summed E-state index contributed by atoms with van der Waals surface area (Å²) < 4.78 is 2.20. The van der Waals surface area contributed by atoms with Gasteiger partial charge in [0.1, 0.15) is 5.54 Å². The van der Waals surface area contributed by atoms with E-state index < -0.39 is 11.6 Å². The molecule has 144 valence electrons. The number of aryl methyl sites for hydroxylation is 2. The largest absolute Gasteiger partial charge is 0.345 e. The Morgan fingerprint density at radius 1 is 1.21 bits per heavy atom. The number of nitrogens with zero attached hydrogens (tertiary/aromatic N) is 2.